The van der Waals surface area contributed by atoms with Crippen molar-refractivity contribution < 1.29 is 9.31 Å². The standard InChI is InChI=1S/C9H11BO2S/c1-13-9-4-2-3-8(7-9)10-11-5-6-12-10/h2-4,7H,5-6H2,1H3. The van der Waals surface area contributed by atoms with Gasteiger partial charge in [-0.15, -0.1) is 11.8 Å². The highest BCUT2D eigenvalue weighted by Crippen LogP contribution is 2.12. The molecule has 68 valence electrons. The van der Waals surface area contributed by atoms with E-state index in [1.54, 1.807) is 11.8 Å². The zero-order chi connectivity index (χ0) is 9.10. The smallest absolute Gasteiger partial charge is 0.405 e. The van der Waals surface area contributed by atoms with Crippen molar-refractivity contribution >= 4 is 24.3 Å². The molecule has 2 nitrogen and oxygen atoms in total. The summed E-state index contributed by atoms with van der Waals surface area (Å²) in [7, 11) is -0.146. The van der Waals surface area contributed by atoms with Gasteiger partial charge in [-0.05, 0) is 23.9 Å². The number of benzene rings is 1. The van der Waals surface area contributed by atoms with Crippen molar-refractivity contribution in [1.29, 1.82) is 0 Å². The summed E-state index contributed by atoms with van der Waals surface area (Å²) in [5.41, 5.74) is 1.12. The molecule has 4 heteroatoms. The molecule has 0 spiro atoms. The van der Waals surface area contributed by atoms with Crippen molar-refractivity contribution in [3.63, 3.8) is 0 Å². The minimum Gasteiger partial charge on any atom is -0.405 e. The van der Waals surface area contributed by atoms with Crippen LogP contribution in [-0.2, 0) is 9.31 Å². The highest BCUT2D eigenvalue weighted by atomic mass is 32.2. The fourth-order valence-electron chi connectivity index (χ4n) is 1.34. The molecule has 0 amide bonds. The van der Waals surface area contributed by atoms with E-state index in [0.29, 0.717) is 13.2 Å². The largest absolute Gasteiger partial charge is 0.494 e. The molecule has 1 fully saturated rings. The van der Waals surface area contributed by atoms with Gasteiger partial charge in [0, 0.05) is 4.90 Å². The molecular formula is C9H11BO2S. The predicted octanol–water partition coefficient (Wildman–Crippen LogP) is 1.15. The van der Waals surface area contributed by atoms with Gasteiger partial charge in [-0.1, -0.05) is 12.1 Å². The number of hydrogen-bond acceptors (Lipinski definition) is 3. The van der Waals surface area contributed by atoms with Crippen molar-refractivity contribution in [3.05, 3.63) is 24.3 Å². The lowest BCUT2D eigenvalue weighted by atomic mass is 9.80. The SMILES string of the molecule is CSc1cccc(B2OCCO2)c1. The average Bonchev–Trinajstić information content (AvgIpc) is 2.71. The molecule has 0 saturated carbocycles. The van der Waals surface area contributed by atoms with E-state index in [4.69, 9.17) is 9.31 Å². The van der Waals surface area contributed by atoms with Crippen LogP contribution in [0.25, 0.3) is 0 Å². The minimum atomic E-state index is -0.146. The average molecular weight is 194 g/mol. The van der Waals surface area contributed by atoms with Crippen molar-refractivity contribution in [1.82, 2.24) is 0 Å². The first-order valence-electron chi connectivity index (χ1n) is 4.27. The highest BCUT2D eigenvalue weighted by Gasteiger charge is 2.25. The molecular weight excluding hydrogens is 183 g/mol. The fourth-order valence-corrected chi connectivity index (χ4v) is 1.81. The van der Waals surface area contributed by atoms with Crippen molar-refractivity contribution in [2.45, 2.75) is 4.90 Å². The number of thioether (sulfide) groups is 1. The maximum atomic E-state index is 5.41. The van der Waals surface area contributed by atoms with Crippen LogP contribution in [0.1, 0.15) is 0 Å². The van der Waals surface area contributed by atoms with Crippen LogP contribution in [0.3, 0.4) is 0 Å². The van der Waals surface area contributed by atoms with Crippen molar-refractivity contribution in [3.8, 4) is 0 Å². The summed E-state index contributed by atoms with van der Waals surface area (Å²) >= 11 is 1.73. The molecule has 1 heterocycles. The van der Waals surface area contributed by atoms with Gasteiger partial charge >= 0.3 is 7.12 Å². The normalized spacial score (nSPS) is 16.5. The van der Waals surface area contributed by atoms with Crippen molar-refractivity contribution in [2.24, 2.45) is 0 Å². The van der Waals surface area contributed by atoms with Gasteiger partial charge in [0.05, 0.1) is 13.2 Å². The predicted molar refractivity (Wildman–Crippen MR) is 55.5 cm³/mol. The van der Waals surface area contributed by atoms with E-state index in [-0.39, 0.29) is 7.12 Å². The molecule has 13 heavy (non-hydrogen) atoms. The summed E-state index contributed by atoms with van der Waals surface area (Å²) in [5.74, 6) is 0. The van der Waals surface area contributed by atoms with E-state index >= 15 is 0 Å². The van der Waals surface area contributed by atoms with Crippen LogP contribution in [0.2, 0.25) is 0 Å². The van der Waals surface area contributed by atoms with Crippen LogP contribution in [0.15, 0.2) is 29.2 Å². The Hall–Kier alpha value is -0.445. The van der Waals surface area contributed by atoms with Gasteiger partial charge < -0.3 is 9.31 Å². The first kappa shape index (κ1) is 9.12. The van der Waals surface area contributed by atoms with Gasteiger partial charge in [-0.2, -0.15) is 0 Å². The molecule has 1 aromatic rings. The van der Waals surface area contributed by atoms with Crippen LogP contribution >= 0.6 is 11.8 Å². The molecule has 0 aliphatic carbocycles. The second-order valence-corrected chi connectivity index (χ2v) is 3.73. The van der Waals surface area contributed by atoms with Gasteiger partial charge in [0.25, 0.3) is 0 Å². The number of hydrogen-bond donors (Lipinski definition) is 0. The van der Waals surface area contributed by atoms with Crippen LogP contribution in [0.4, 0.5) is 0 Å². The van der Waals surface area contributed by atoms with Gasteiger partial charge in [0.2, 0.25) is 0 Å². The Balaban J connectivity index is 2.18. The molecule has 0 bridgehead atoms. The van der Waals surface area contributed by atoms with E-state index in [9.17, 15) is 0 Å². The first-order valence-corrected chi connectivity index (χ1v) is 5.50. The summed E-state index contributed by atoms with van der Waals surface area (Å²) < 4.78 is 10.8. The molecule has 0 unspecified atom stereocenters. The Morgan fingerprint density at radius 1 is 1.31 bits per heavy atom. The molecule has 2 rings (SSSR count). The zero-order valence-corrected chi connectivity index (χ0v) is 8.34. The second kappa shape index (κ2) is 4.18. The Kier molecular flexibility index (Phi) is 2.93. The topological polar surface area (TPSA) is 18.5 Å². The van der Waals surface area contributed by atoms with Crippen molar-refractivity contribution in [2.75, 3.05) is 19.5 Å². The Morgan fingerprint density at radius 2 is 2.08 bits per heavy atom. The van der Waals surface area contributed by atoms with E-state index in [0.717, 1.165) is 5.46 Å². The second-order valence-electron chi connectivity index (χ2n) is 2.85. The molecule has 0 aromatic heterocycles. The lowest BCUT2D eigenvalue weighted by Gasteiger charge is -2.04. The van der Waals surface area contributed by atoms with Gasteiger partial charge in [-0.3, -0.25) is 0 Å². The third-order valence-electron chi connectivity index (χ3n) is 1.99. The van der Waals surface area contributed by atoms with Gasteiger partial charge in [0.1, 0.15) is 0 Å². The monoisotopic (exact) mass is 194 g/mol. The molecule has 0 atom stereocenters. The zero-order valence-electron chi connectivity index (χ0n) is 7.53. The maximum Gasteiger partial charge on any atom is 0.494 e. The molecule has 1 aromatic carbocycles. The Labute approximate surface area is 82.8 Å². The van der Waals surface area contributed by atoms with E-state index in [2.05, 4.69) is 18.4 Å². The Bertz CT molecular complexity index is 287. The number of rotatable bonds is 2. The van der Waals surface area contributed by atoms with Gasteiger partial charge in [-0.25, -0.2) is 0 Å². The maximum absolute atomic E-state index is 5.41. The molecule has 1 saturated heterocycles. The van der Waals surface area contributed by atoms with Crippen LogP contribution < -0.4 is 5.46 Å². The van der Waals surface area contributed by atoms with Crippen LogP contribution in [0, 0.1) is 0 Å². The fraction of sp³-hybridized carbons (Fsp3) is 0.333. The van der Waals surface area contributed by atoms with E-state index in [1.165, 1.54) is 4.90 Å². The molecule has 1 aliphatic rings. The molecule has 0 radical (unpaired) electrons. The summed E-state index contributed by atoms with van der Waals surface area (Å²) in [6.45, 7) is 1.41. The van der Waals surface area contributed by atoms with Crippen LogP contribution in [-0.4, -0.2) is 26.6 Å². The lowest BCUT2D eigenvalue weighted by Crippen LogP contribution is -2.31. The quantitative estimate of drug-likeness (QED) is 0.519. The first-order chi connectivity index (χ1) is 6.40. The van der Waals surface area contributed by atoms with E-state index < -0.39 is 0 Å². The highest BCUT2D eigenvalue weighted by molar-refractivity contribution is 7.98. The third kappa shape index (κ3) is 2.07. The summed E-state index contributed by atoms with van der Waals surface area (Å²) in [5, 5.41) is 0. The molecule has 0 N–H and O–H groups in total. The summed E-state index contributed by atoms with van der Waals surface area (Å²) in [6.07, 6.45) is 2.06. The lowest BCUT2D eigenvalue weighted by molar-refractivity contribution is 0.365. The molecule has 1 aliphatic heterocycles. The van der Waals surface area contributed by atoms with Crippen LogP contribution in [0.5, 0.6) is 0 Å². The minimum absolute atomic E-state index is 0.146. The summed E-state index contributed by atoms with van der Waals surface area (Å²) in [4.78, 5) is 1.25. The summed E-state index contributed by atoms with van der Waals surface area (Å²) in [6, 6.07) is 8.27. The Morgan fingerprint density at radius 3 is 2.77 bits per heavy atom. The van der Waals surface area contributed by atoms with Gasteiger partial charge in [0.15, 0.2) is 0 Å². The third-order valence-corrected chi connectivity index (χ3v) is 2.71. The van der Waals surface area contributed by atoms with E-state index in [1.807, 2.05) is 12.1 Å².